The number of nitrogens with one attached hydrogen (secondary N) is 1. The molecule has 1 aliphatic heterocycles. The Morgan fingerprint density at radius 2 is 2.28 bits per heavy atom. The minimum absolute atomic E-state index is 0.426. The molecule has 98 valence electrons. The molecule has 0 amide bonds. The molecule has 0 aromatic heterocycles. The van der Waals surface area contributed by atoms with E-state index < -0.39 is 0 Å². The average molecular weight is 329 g/mol. The molecule has 1 aliphatic rings. The number of amidine groups is 1. The van der Waals surface area contributed by atoms with Gasteiger partial charge in [0, 0.05) is 17.5 Å². The summed E-state index contributed by atoms with van der Waals surface area (Å²) in [6.07, 6.45) is 0. The van der Waals surface area contributed by atoms with Crippen LogP contribution < -0.4 is 10.1 Å². The van der Waals surface area contributed by atoms with Gasteiger partial charge in [-0.2, -0.15) is 0 Å². The number of rotatable bonds is 3. The predicted molar refractivity (Wildman–Crippen MR) is 82.8 cm³/mol. The first-order chi connectivity index (χ1) is 8.60. The summed E-state index contributed by atoms with van der Waals surface area (Å²) in [6, 6.07) is 6.38. The van der Waals surface area contributed by atoms with Crippen molar-refractivity contribution in [1.82, 2.24) is 0 Å². The molecule has 1 aromatic rings. The molecule has 1 aromatic carbocycles. The van der Waals surface area contributed by atoms with Crippen molar-refractivity contribution in [3.05, 3.63) is 22.7 Å². The minimum atomic E-state index is 0.426. The highest BCUT2D eigenvalue weighted by Gasteiger charge is 2.21. The lowest BCUT2D eigenvalue weighted by Gasteiger charge is -2.09. The summed E-state index contributed by atoms with van der Waals surface area (Å²) < 4.78 is 6.23. The van der Waals surface area contributed by atoms with Crippen LogP contribution in [0.2, 0.25) is 0 Å². The van der Waals surface area contributed by atoms with Crippen LogP contribution in [-0.2, 0) is 0 Å². The van der Waals surface area contributed by atoms with Crippen LogP contribution in [-0.4, -0.2) is 24.1 Å². The Hall–Kier alpha value is -0.680. The van der Waals surface area contributed by atoms with E-state index in [4.69, 9.17) is 4.74 Å². The fraction of sp³-hybridized carbons (Fsp3) is 0.462. The van der Waals surface area contributed by atoms with Crippen molar-refractivity contribution < 1.29 is 4.74 Å². The van der Waals surface area contributed by atoms with E-state index in [0.717, 1.165) is 26.8 Å². The van der Waals surface area contributed by atoms with Crippen LogP contribution in [0.5, 0.6) is 5.75 Å². The number of halogens is 1. The molecule has 1 heterocycles. The Balaban J connectivity index is 2.08. The molecule has 0 bridgehead atoms. The van der Waals surface area contributed by atoms with Crippen LogP contribution in [0.4, 0.5) is 5.69 Å². The molecule has 0 saturated carbocycles. The molecule has 5 heteroatoms. The fourth-order valence-corrected chi connectivity index (χ4v) is 3.26. The van der Waals surface area contributed by atoms with Crippen molar-refractivity contribution in [2.75, 3.05) is 18.2 Å². The van der Waals surface area contributed by atoms with E-state index in [1.54, 1.807) is 18.9 Å². The fourth-order valence-electron chi connectivity index (χ4n) is 1.66. The largest absolute Gasteiger partial charge is 0.495 e. The zero-order valence-electron chi connectivity index (χ0n) is 10.7. The number of thioether (sulfide) groups is 1. The Kier molecular flexibility index (Phi) is 4.56. The van der Waals surface area contributed by atoms with Gasteiger partial charge in [-0.3, -0.25) is 4.99 Å². The molecule has 0 aliphatic carbocycles. The second-order valence-electron chi connectivity index (χ2n) is 4.53. The van der Waals surface area contributed by atoms with Crippen LogP contribution in [0, 0.1) is 5.92 Å². The second kappa shape index (κ2) is 5.97. The molecule has 0 fully saturated rings. The first kappa shape index (κ1) is 13.7. The van der Waals surface area contributed by atoms with Gasteiger partial charge in [0.25, 0.3) is 0 Å². The van der Waals surface area contributed by atoms with Gasteiger partial charge >= 0.3 is 0 Å². The Labute approximate surface area is 121 Å². The van der Waals surface area contributed by atoms with Crippen molar-refractivity contribution in [3.8, 4) is 5.75 Å². The van der Waals surface area contributed by atoms with E-state index in [-0.39, 0.29) is 0 Å². The highest BCUT2D eigenvalue weighted by Crippen LogP contribution is 2.30. The highest BCUT2D eigenvalue weighted by atomic mass is 79.9. The summed E-state index contributed by atoms with van der Waals surface area (Å²) in [5.41, 5.74) is 1.01. The number of nitrogens with zero attached hydrogens (tertiary/aromatic N) is 1. The topological polar surface area (TPSA) is 33.6 Å². The van der Waals surface area contributed by atoms with Crippen LogP contribution in [0.3, 0.4) is 0 Å². The van der Waals surface area contributed by atoms with Gasteiger partial charge in [0.2, 0.25) is 0 Å². The number of benzene rings is 1. The van der Waals surface area contributed by atoms with Crippen molar-refractivity contribution in [2.45, 2.75) is 19.9 Å². The van der Waals surface area contributed by atoms with Crippen LogP contribution >= 0.6 is 27.7 Å². The normalized spacial score (nSPS) is 18.9. The maximum Gasteiger partial charge on any atom is 0.161 e. The van der Waals surface area contributed by atoms with Crippen LogP contribution in [0.15, 0.2) is 27.7 Å². The standard InChI is InChI=1S/C13H17BrN2OS/c1-8(2)11-7-18-13(16-11)15-9-4-5-10(14)12(6-9)17-3/h4-6,8,11H,7H2,1-3H3,(H,15,16)/t11-/m1/s1. The average Bonchev–Trinajstić information content (AvgIpc) is 2.80. The van der Waals surface area contributed by atoms with Crippen LogP contribution in [0.1, 0.15) is 13.8 Å². The summed E-state index contributed by atoms with van der Waals surface area (Å²) in [6.45, 7) is 4.42. The Morgan fingerprint density at radius 1 is 1.50 bits per heavy atom. The van der Waals surface area contributed by atoms with Gasteiger partial charge in [0.15, 0.2) is 5.17 Å². The second-order valence-corrected chi connectivity index (χ2v) is 6.39. The molecule has 0 unspecified atom stereocenters. The first-order valence-corrected chi connectivity index (χ1v) is 7.69. The molecule has 1 N–H and O–H groups in total. The SMILES string of the molecule is COc1cc(NC2=N[C@@H](C(C)C)CS2)ccc1Br. The molecule has 0 radical (unpaired) electrons. The van der Waals surface area contributed by atoms with Crippen molar-refractivity contribution in [1.29, 1.82) is 0 Å². The van der Waals surface area contributed by atoms with E-state index in [1.165, 1.54) is 0 Å². The third-order valence-corrected chi connectivity index (χ3v) is 4.49. The number of hydrogen-bond donors (Lipinski definition) is 1. The number of ether oxygens (including phenoxy) is 1. The lowest BCUT2D eigenvalue weighted by atomic mass is 10.1. The van der Waals surface area contributed by atoms with E-state index in [9.17, 15) is 0 Å². The van der Waals surface area contributed by atoms with Gasteiger partial charge in [0.1, 0.15) is 5.75 Å². The summed E-state index contributed by atoms with van der Waals surface area (Å²) in [7, 11) is 1.67. The Bertz CT molecular complexity index is 462. The summed E-state index contributed by atoms with van der Waals surface area (Å²) in [5, 5.41) is 4.34. The molecule has 18 heavy (non-hydrogen) atoms. The highest BCUT2D eigenvalue weighted by molar-refractivity contribution is 9.10. The first-order valence-electron chi connectivity index (χ1n) is 5.91. The molecule has 2 rings (SSSR count). The third-order valence-electron chi connectivity index (χ3n) is 2.85. The number of methoxy groups -OCH3 is 1. The lowest BCUT2D eigenvalue weighted by molar-refractivity contribution is 0.412. The molecule has 0 spiro atoms. The van der Waals surface area contributed by atoms with Crippen LogP contribution in [0.25, 0.3) is 0 Å². The summed E-state index contributed by atoms with van der Waals surface area (Å²) >= 11 is 5.22. The smallest absolute Gasteiger partial charge is 0.161 e. The molecule has 3 nitrogen and oxygen atoms in total. The minimum Gasteiger partial charge on any atom is -0.495 e. The van der Waals surface area contributed by atoms with Gasteiger partial charge in [-0.15, -0.1) is 0 Å². The van der Waals surface area contributed by atoms with Gasteiger partial charge < -0.3 is 10.1 Å². The molecule has 0 saturated heterocycles. The molecular formula is C13H17BrN2OS. The molecule has 1 atom stereocenters. The predicted octanol–water partition coefficient (Wildman–Crippen LogP) is 4.00. The van der Waals surface area contributed by atoms with E-state index in [0.29, 0.717) is 12.0 Å². The monoisotopic (exact) mass is 328 g/mol. The van der Waals surface area contributed by atoms with E-state index in [2.05, 4.69) is 40.1 Å². The van der Waals surface area contributed by atoms with Gasteiger partial charge in [-0.05, 0) is 34.0 Å². The summed E-state index contributed by atoms with van der Waals surface area (Å²) in [5.74, 6) is 2.48. The molecular weight excluding hydrogens is 312 g/mol. The van der Waals surface area contributed by atoms with Gasteiger partial charge in [-0.25, -0.2) is 0 Å². The number of anilines is 1. The third kappa shape index (κ3) is 3.20. The van der Waals surface area contributed by atoms with Crippen molar-refractivity contribution in [3.63, 3.8) is 0 Å². The number of hydrogen-bond acceptors (Lipinski definition) is 4. The maximum atomic E-state index is 5.28. The Morgan fingerprint density at radius 3 is 2.89 bits per heavy atom. The van der Waals surface area contributed by atoms with E-state index >= 15 is 0 Å². The van der Waals surface area contributed by atoms with Gasteiger partial charge in [0.05, 0.1) is 17.6 Å². The maximum absolute atomic E-state index is 5.28. The zero-order valence-corrected chi connectivity index (χ0v) is 13.1. The number of aliphatic imine (C=N–C) groups is 1. The van der Waals surface area contributed by atoms with Crippen molar-refractivity contribution >= 4 is 38.5 Å². The lowest BCUT2D eigenvalue weighted by Crippen LogP contribution is -2.12. The summed E-state index contributed by atoms with van der Waals surface area (Å²) in [4.78, 5) is 4.68. The zero-order chi connectivity index (χ0) is 13.1. The van der Waals surface area contributed by atoms with E-state index in [1.807, 2.05) is 18.2 Å². The quantitative estimate of drug-likeness (QED) is 0.910. The van der Waals surface area contributed by atoms with Gasteiger partial charge in [-0.1, -0.05) is 25.6 Å². The van der Waals surface area contributed by atoms with Crippen molar-refractivity contribution in [2.24, 2.45) is 10.9 Å².